The van der Waals surface area contributed by atoms with Crippen molar-refractivity contribution in [3.05, 3.63) is 53.5 Å². The molecule has 0 bridgehead atoms. The molecular formula is C27H30F4N6O4. The van der Waals surface area contributed by atoms with E-state index >= 15 is 0 Å². The Hall–Kier alpha value is -3.78. The van der Waals surface area contributed by atoms with Crippen molar-refractivity contribution in [3.63, 3.8) is 0 Å². The number of anilines is 2. The number of nitrogens with one attached hydrogen (secondary N) is 1. The number of aromatic nitrogens is 3. The third-order valence-corrected chi connectivity index (χ3v) is 7.68. The molecule has 14 heteroatoms. The number of piperidine rings is 1. The minimum absolute atomic E-state index is 0.0400. The maximum absolute atomic E-state index is 14.6. The summed E-state index contributed by atoms with van der Waals surface area (Å²) < 4.78 is 55.3. The molecule has 2 aliphatic rings. The van der Waals surface area contributed by atoms with Gasteiger partial charge < -0.3 is 25.3 Å². The summed E-state index contributed by atoms with van der Waals surface area (Å²) in [5.74, 6) is -1.97. The molecule has 2 aliphatic heterocycles. The summed E-state index contributed by atoms with van der Waals surface area (Å²) >= 11 is 0. The molecule has 3 aromatic rings. The number of benzene rings is 1. The molecule has 0 unspecified atom stereocenters. The van der Waals surface area contributed by atoms with Gasteiger partial charge in [-0.25, -0.2) is 13.9 Å². The second-order valence-electron chi connectivity index (χ2n) is 11.0. The van der Waals surface area contributed by atoms with Crippen LogP contribution < -0.4 is 10.2 Å². The van der Waals surface area contributed by atoms with Crippen LogP contribution in [0, 0.1) is 5.92 Å². The van der Waals surface area contributed by atoms with Gasteiger partial charge in [0, 0.05) is 37.6 Å². The summed E-state index contributed by atoms with van der Waals surface area (Å²) in [4.78, 5) is 33.8. The Balaban J connectivity index is 1.45. The molecule has 0 saturated carbocycles. The van der Waals surface area contributed by atoms with Gasteiger partial charge in [-0.1, -0.05) is 0 Å². The summed E-state index contributed by atoms with van der Waals surface area (Å²) in [6.07, 6.45) is -4.29. The van der Waals surface area contributed by atoms with Crippen molar-refractivity contribution in [2.45, 2.75) is 57.3 Å². The van der Waals surface area contributed by atoms with Crippen LogP contribution in [-0.4, -0.2) is 85.2 Å². The molecule has 1 saturated heterocycles. The van der Waals surface area contributed by atoms with E-state index < -0.39 is 41.8 Å². The minimum Gasteiger partial charge on any atom is -0.387 e. The molecule has 2 amide bonds. The van der Waals surface area contributed by atoms with E-state index in [-0.39, 0.29) is 50.1 Å². The zero-order chi connectivity index (χ0) is 29.7. The van der Waals surface area contributed by atoms with Crippen LogP contribution in [0.25, 0.3) is 5.65 Å². The van der Waals surface area contributed by atoms with Crippen molar-refractivity contribution < 1.29 is 37.4 Å². The van der Waals surface area contributed by atoms with Crippen LogP contribution in [0.5, 0.6) is 0 Å². The van der Waals surface area contributed by atoms with E-state index in [4.69, 9.17) is 0 Å². The van der Waals surface area contributed by atoms with Gasteiger partial charge >= 0.3 is 6.18 Å². The van der Waals surface area contributed by atoms with Gasteiger partial charge in [0.15, 0.2) is 11.8 Å². The number of carbonyl (C=O) groups is 2. The number of amides is 2. The fourth-order valence-electron chi connectivity index (χ4n) is 5.24. The van der Waals surface area contributed by atoms with E-state index in [1.807, 2.05) is 0 Å². The number of fused-ring (bicyclic) bond motifs is 2. The van der Waals surface area contributed by atoms with Gasteiger partial charge in [-0.3, -0.25) is 9.59 Å². The Morgan fingerprint density at radius 3 is 2.59 bits per heavy atom. The van der Waals surface area contributed by atoms with E-state index in [0.717, 1.165) is 0 Å². The van der Waals surface area contributed by atoms with E-state index in [0.29, 0.717) is 22.6 Å². The predicted molar refractivity (Wildman–Crippen MR) is 140 cm³/mol. The van der Waals surface area contributed by atoms with Crippen molar-refractivity contribution in [3.8, 4) is 0 Å². The molecular weight excluding hydrogens is 548 g/mol. The standard InChI is InChI=1S/C27H30F4N6O4/c1-26(2,41)21(28)14-36-13-16-10-19(34-24(39)18-12-33-37-7-3-6-32-23(18)37)20(11-17(16)25(36)40)35-8-4-15(5-9-35)22(38)27(29,30)31/h3,6-7,10-12,15,21-22,38,41H,4-5,8-9,13-14H2,1-2H3,(H,34,39)/t21-,22-/m1/s1. The van der Waals surface area contributed by atoms with Crippen molar-refractivity contribution in [2.75, 3.05) is 29.9 Å². The van der Waals surface area contributed by atoms with Crippen LogP contribution in [0.3, 0.4) is 0 Å². The number of carbonyl (C=O) groups excluding carboxylic acids is 2. The van der Waals surface area contributed by atoms with E-state index in [9.17, 15) is 37.4 Å². The average Bonchev–Trinajstić information content (AvgIpc) is 3.48. The SMILES string of the molecule is CC(C)(O)[C@H](F)CN1Cc2cc(NC(=O)c3cnn4cccnc34)c(N3CCC([C@@H](O)C(F)(F)F)CC3)cc2C1=O. The fraction of sp³-hybridized carbons (Fsp3) is 0.481. The number of hydrogen-bond acceptors (Lipinski definition) is 7. The highest BCUT2D eigenvalue weighted by atomic mass is 19.4. The lowest BCUT2D eigenvalue weighted by Crippen LogP contribution is -2.43. The first-order valence-corrected chi connectivity index (χ1v) is 13.2. The Bertz CT molecular complexity index is 1460. The topological polar surface area (TPSA) is 123 Å². The fourth-order valence-corrected chi connectivity index (χ4v) is 5.24. The zero-order valence-corrected chi connectivity index (χ0v) is 22.4. The number of alkyl halides is 4. The first-order chi connectivity index (χ1) is 19.2. The molecule has 4 heterocycles. The average molecular weight is 579 g/mol. The smallest absolute Gasteiger partial charge is 0.387 e. The molecule has 220 valence electrons. The van der Waals surface area contributed by atoms with E-state index in [1.54, 1.807) is 29.3 Å². The van der Waals surface area contributed by atoms with Crippen molar-refractivity contribution in [1.29, 1.82) is 0 Å². The van der Waals surface area contributed by atoms with Crippen molar-refractivity contribution in [1.82, 2.24) is 19.5 Å². The predicted octanol–water partition coefficient (Wildman–Crippen LogP) is 3.19. The number of halogens is 4. The van der Waals surface area contributed by atoms with Crippen LogP contribution in [0.4, 0.5) is 28.9 Å². The van der Waals surface area contributed by atoms with E-state index in [2.05, 4.69) is 15.4 Å². The normalized spacial score (nSPS) is 18.1. The molecule has 2 aromatic heterocycles. The summed E-state index contributed by atoms with van der Waals surface area (Å²) in [5, 5.41) is 26.7. The molecule has 0 radical (unpaired) electrons. The highest BCUT2D eigenvalue weighted by Gasteiger charge is 2.44. The number of nitrogens with zero attached hydrogens (tertiary/aromatic N) is 5. The lowest BCUT2D eigenvalue weighted by molar-refractivity contribution is -0.221. The summed E-state index contributed by atoms with van der Waals surface area (Å²) in [6, 6.07) is 4.81. The summed E-state index contributed by atoms with van der Waals surface area (Å²) in [7, 11) is 0. The van der Waals surface area contributed by atoms with Crippen LogP contribution in [0.15, 0.2) is 36.8 Å². The number of rotatable bonds is 7. The van der Waals surface area contributed by atoms with Gasteiger partial charge in [0.1, 0.15) is 11.7 Å². The van der Waals surface area contributed by atoms with Gasteiger partial charge in [-0.05, 0) is 56.4 Å². The quantitative estimate of drug-likeness (QED) is 0.368. The van der Waals surface area contributed by atoms with Gasteiger partial charge in [0.2, 0.25) is 0 Å². The van der Waals surface area contributed by atoms with Crippen molar-refractivity contribution in [2.24, 2.45) is 5.92 Å². The number of aliphatic hydroxyl groups is 2. The maximum atomic E-state index is 14.6. The van der Waals surface area contributed by atoms with Gasteiger partial charge in [-0.15, -0.1) is 0 Å². The Morgan fingerprint density at radius 1 is 1.22 bits per heavy atom. The molecule has 0 spiro atoms. The monoisotopic (exact) mass is 578 g/mol. The Kier molecular flexibility index (Phi) is 7.40. The highest BCUT2D eigenvalue weighted by molar-refractivity contribution is 6.10. The third kappa shape index (κ3) is 5.71. The number of aliphatic hydroxyl groups excluding tert-OH is 1. The molecule has 41 heavy (non-hydrogen) atoms. The summed E-state index contributed by atoms with van der Waals surface area (Å²) in [6.45, 7) is 2.61. The van der Waals surface area contributed by atoms with Crippen LogP contribution >= 0.6 is 0 Å². The van der Waals surface area contributed by atoms with Crippen molar-refractivity contribution >= 4 is 28.8 Å². The second-order valence-corrected chi connectivity index (χ2v) is 11.0. The summed E-state index contributed by atoms with van der Waals surface area (Å²) in [5.41, 5.74) is 0.369. The van der Waals surface area contributed by atoms with Crippen LogP contribution in [0.2, 0.25) is 0 Å². The molecule has 5 rings (SSSR count). The van der Waals surface area contributed by atoms with Gasteiger partial charge in [0.25, 0.3) is 11.8 Å². The molecule has 3 N–H and O–H groups in total. The highest BCUT2D eigenvalue weighted by Crippen LogP contribution is 2.39. The molecule has 10 nitrogen and oxygen atoms in total. The number of hydrogen-bond donors (Lipinski definition) is 3. The van der Waals surface area contributed by atoms with Crippen LogP contribution in [-0.2, 0) is 6.54 Å². The Morgan fingerprint density at radius 2 is 1.93 bits per heavy atom. The molecule has 1 fully saturated rings. The second kappa shape index (κ2) is 10.6. The molecule has 0 aliphatic carbocycles. The Labute approximate surface area is 232 Å². The minimum atomic E-state index is -4.73. The molecule has 1 aromatic carbocycles. The van der Waals surface area contributed by atoms with Gasteiger partial charge in [0.05, 0.1) is 29.7 Å². The van der Waals surface area contributed by atoms with Gasteiger partial charge in [-0.2, -0.15) is 18.3 Å². The first kappa shape index (κ1) is 28.7. The molecule has 2 atom stereocenters. The first-order valence-electron chi connectivity index (χ1n) is 13.2. The lowest BCUT2D eigenvalue weighted by atomic mass is 9.90. The van der Waals surface area contributed by atoms with Crippen LogP contribution in [0.1, 0.15) is 53.0 Å². The van der Waals surface area contributed by atoms with E-state index in [1.165, 1.54) is 35.7 Å². The lowest BCUT2D eigenvalue weighted by Gasteiger charge is -2.37. The largest absolute Gasteiger partial charge is 0.414 e. The third-order valence-electron chi connectivity index (χ3n) is 7.68. The maximum Gasteiger partial charge on any atom is 0.414 e. The zero-order valence-electron chi connectivity index (χ0n) is 22.4.